The van der Waals surface area contributed by atoms with E-state index in [1.165, 1.54) is 0 Å². The van der Waals surface area contributed by atoms with E-state index in [4.69, 9.17) is 0 Å². The van der Waals surface area contributed by atoms with Crippen molar-refractivity contribution < 1.29 is 9.90 Å². The Morgan fingerprint density at radius 2 is 1.86 bits per heavy atom. The molecule has 2 rings (SSSR count). The summed E-state index contributed by atoms with van der Waals surface area (Å²) in [6.07, 6.45) is 0.790. The Morgan fingerprint density at radius 3 is 2.59 bits per heavy atom. The molecule has 0 aliphatic rings. The molecule has 2 aromatic carbocycles. The zero-order chi connectivity index (χ0) is 16.1. The molecule has 116 valence electrons. The molecule has 0 heterocycles. The maximum absolute atomic E-state index is 12.5. The highest BCUT2D eigenvalue weighted by Crippen LogP contribution is 2.28. The van der Waals surface area contributed by atoms with Gasteiger partial charge in [0, 0.05) is 16.8 Å². The van der Waals surface area contributed by atoms with E-state index in [-0.39, 0.29) is 11.7 Å². The fourth-order valence-corrected chi connectivity index (χ4v) is 2.38. The topological polar surface area (TPSA) is 61.4 Å². The molecule has 0 spiro atoms. The summed E-state index contributed by atoms with van der Waals surface area (Å²) < 4.78 is 0. The molecule has 2 aromatic rings. The van der Waals surface area contributed by atoms with Gasteiger partial charge < -0.3 is 15.7 Å². The van der Waals surface area contributed by atoms with E-state index in [0.717, 1.165) is 24.1 Å². The van der Waals surface area contributed by atoms with Gasteiger partial charge in [0.2, 0.25) is 0 Å². The number of aromatic hydroxyl groups is 1. The monoisotopic (exact) mass is 298 g/mol. The second-order valence-corrected chi connectivity index (χ2v) is 5.37. The van der Waals surface area contributed by atoms with Crippen molar-refractivity contribution in [1.29, 1.82) is 0 Å². The van der Waals surface area contributed by atoms with Crippen LogP contribution in [-0.2, 0) is 6.42 Å². The maximum Gasteiger partial charge on any atom is 0.255 e. The summed E-state index contributed by atoms with van der Waals surface area (Å²) >= 11 is 0. The predicted octanol–water partition coefficient (Wildman–Crippen LogP) is 3.02. The van der Waals surface area contributed by atoms with Gasteiger partial charge in [-0.2, -0.15) is 0 Å². The molecule has 0 radical (unpaired) electrons. The molecule has 0 unspecified atom stereocenters. The van der Waals surface area contributed by atoms with Crippen LogP contribution in [0, 0.1) is 13.8 Å². The first-order valence-corrected chi connectivity index (χ1v) is 7.37. The van der Waals surface area contributed by atoms with Crippen LogP contribution >= 0.6 is 0 Å². The van der Waals surface area contributed by atoms with Gasteiger partial charge in [0.1, 0.15) is 5.75 Å². The molecule has 0 aliphatic heterocycles. The average Bonchev–Trinajstić information content (AvgIpc) is 2.53. The van der Waals surface area contributed by atoms with Gasteiger partial charge >= 0.3 is 0 Å². The largest absolute Gasteiger partial charge is 0.507 e. The van der Waals surface area contributed by atoms with E-state index < -0.39 is 0 Å². The van der Waals surface area contributed by atoms with Crippen molar-refractivity contribution in [3.8, 4) is 5.75 Å². The minimum atomic E-state index is -0.155. The van der Waals surface area contributed by atoms with E-state index in [1.807, 2.05) is 44.3 Å². The van der Waals surface area contributed by atoms with Crippen LogP contribution in [0.1, 0.15) is 27.0 Å². The van der Waals surface area contributed by atoms with Gasteiger partial charge in [-0.25, -0.2) is 0 Å². The molecule has 4 nitrogen and oxygen atoms in total. The van der Waals surface area contributed by atoms with Crippen LogP contribution in [0.15, 0.2) is 36.4 Å². The second-order valence-electron chi connectivity index (χ2n) is 5.37. The third kappa shape index (κ3) is 3.46. The first kappa shape index (κ1) is 16.0. The lowest BCUT2D eigenvalue weighted by atomic mass is 10.0. The summed E-state index contributed by atoms with van der Waals surface area (Å²) in [7, 11) is 1.89. The number of carbonyl (C=O) groups is 1. The highest BCUT2D eigenvalue weighted by molar-refractivity contribution is 6.05. The Morgan fingerprint density at radius 1 is 1.14 bits per heavy atom. The molecule has 1 amide bonds. The van der Waals surface area contributed by atoms with Gasteiger partial charge in [-0.15, -0.1) is 0 Å². The fraction of sp³-hybridized carbons (Fsp3) is 0.278. The molecule has 0 bridgehead atoms. The molecule has 3 N–H and O–H groups in total. The van der Waals surface area contributed by atoms with Crippen LogP contribution < -0.4 is 10.6 Å². The van der Waals surface area contributed by atoms with Crippen LogP contribution in [-0.4, -0.2) is 24.6 Å². The molecule has 4 heteroatoms. The number of nitrogens with one attached hydrogen (secondary N) is 2. The van der Waals surface area contributed by atoms with Crippen LogP contribution in [0.2, 0.25) is 0 Å². The zero-order valence-electron chi connectivity index (χ0n) is 13.2. The van der Waals surface area contributed by atoms with E-state index >= 15 is 0 Å². The smallest absolute Gasteiger partial charge is 0.255 e. The van der Waals surface area contributed by atoms with Gasteiger partial charge in [-0.3, -0.25) is 4.79 Å². The number of rotatable bonds is 5. The summed E-state index contributed by atoms with van der Waals surface area (Å²) in [6.45, 7) is 4.44. The van der Waals surface area contributed by atoms with E-state index in [2.05, 4.69) is 10.6 Å². The lowest BCUT2D eigenvalue weighted by Gasteiger charge is -2.13. The molecule has 0 aromatic heterocycles. The normalized spacial score (nSPS) is 10.5. The van der Waals surface area contributed by atoms with Gasteiger partial charge in [-0.1, -0.05) is 24.3 Å². The van der Waals surface area contributed by atoms with Gasteiger partial charge in [-0.05, 0) is 57.1 Å². The molecular formula is C18H22N2O2. The second kappa shape index (κ2) is 7.09. The number of phenols is 1. The Kier molecular flexibility index (Phi) is 5.17. The highest BCUT2D eigenvalue weighted by atomic mass is 16.3. The number of amides is 1. The lowest BCUT2D eigenvalue weighted by molar-refractivity contribution is 0.102. The van der Waals surface area contributed by atoms with Crippen LogP contribution in [0.25, 0.3) is 0 Å². The summed E-state index contributed by atoms with van der Waals surface area (Å²) in [6, 6.07) is 11.2. The standard InChI is InChI=1S/C18H22N2O2/c1-12-8-9-16(13(2)17(12)21)20-18(22)15-7-5-4-6-14(15)10-11-19-3/h4-9,19,21H,10-11H2,1-3H3,(H,20,22). The number of hydrogen-bond acceptors (Lipinski definition) is 3. The first-order chi connectivity index (χ1) is 10.5. The first-order valence-electron chi connectivity index (χ1n) is 7.37. The van der Waals surface area contributed by atoms with E-state index in [1.54, 1.807) is 13.0 Å². The molecular weight excluding hydrogens is 276 g/mol. The zero-order valence-corrected chi connectivity index (χ0v) is 13.2. The van der Waals surface area contributed by atoms with Crippen LogP contribution in [0.3, 0.4) is 0 Å². The van der Waals surface area contributed by atoms with Crippen molar-refractivity contribution in [2.24, 2.45) is 0 Å². The molecule has 0 fully saturated rings. The van der Waals surface area contributed by atoms with Crippen molar-refractivity contribution in [3.63, 3.8) is 0 Å². The number of phenolic OH excluding ortho intramolecular Hbond substituents is 1. The Bertz CT molecular complexity index is 681. The van der Waals surface area contributed by atoms with Crippen molar-refractivity contribution in [2.75, 3.05) is 18.9 Å². The summed E-state index contributed by atoms with van der Waals surface area (Å²) in [4.78, 5) is 12.5. The third-order valence-corrected chi connectivity index (χ3v) is 3.79. The molecule has 0 saturated carbocycles. The SMILES string of the molecule is CNCCc1ccccc1C(=O)Nc1ccc(C)c(O)c1C. The molecule has 0 saturated heterocycles. The quantitative estimate of drug-likeness (QED) is 0.795. The van der Waals surface area contributed by atoms with Crippen LogP contribution in [0.5, 0.6) is 5.75 Å². The van der Waals surface area contributed by atoms with Crippen molar-refractivity contribution in [2.45, 2.75) is 20.3 Å². The number of aryl methyl sites for hydroxylation is 1. The van der Waals surface area contributed by atoms with Gasteiger partial charge in [0.15, 0.2) is 0 Å². The Hall–Kier alpha value is -2.33. The van der Waals surface area contributed by atoms with Gasteiger partial charge in [0.05, 0.1) is 0 Å². The minimum Gasteiger partial charge on any atom is -0.507 e. The Labute approximate surface area is 131 Å². The molecule has 22 heavy (non-hydrogen) atoms. The summed E-state index contributed by atoms with van der Waals surface area (Å²) in [5.74, 6) is 0.0688. The number of carbonyl (C=O) groups excluding carboxylic acids is 1. The predicted molar refractivity (Wildman–Crippen MR) is 89.6 cm³/mol. The summed E-state index contributed by atoms with van der Waals surface area (Å²) in [5, 5.41) is 16.0. The molecule has 0 atom stereocenters. The fourth-order valence-electron chi connectivity index (χ4n) is 2.38. The number of anilines is 1. The van der Waals surface area contributed by atoms with Crippen molar-refractivity contribution in [1.82, 2.24) is 5.32 Å². The third-order valence-electron chi connectivity index (χ3n) is 3.79. The van der Waals surface area contributed by atoms with Crippen LogP contribution in [0.4, 0.5) is 5.69 Å². The average molecular weight is 298 g/mol. The van der Waals surface area contributed by atoms with Crippen molar-refractivity contribution >= 4 is 11.6 Å². The Balaban J connectivity index is 2.25. The number of hydrogen-bond donors (Lipinski definition) is 3. The van der Waals surface area contributed by atoms with Crippen molar-refractivity contribution in [3.05, 3.63) is 58.7 Å². The minimum absolute atomic E-state index is 0.155. The molecule has 0 aliphatic carbocycles. The highest BCUT2D eigenvalue weighted by Gasteiger charge is 2.13. The van der Waals surface area contributed by atoms with Gasteiger partial charge in [0.25, 0.3) is 5.91 Å². The number of benzene rings is 2. The summed E-state index contributed by atoms with van der Waals surface area (Å²) in [5.41, 5.74) is 3.78. The van der Waals surface area contributed by atoms with E-state index in [9.17, 15) is 9.90 Å². The number of likely N-dealkylation sites (N-methyl/N-ethyl adjacent to an activating group) is 1. The maximum atomic E-state index is 12.5. The van der Waals surface area contributed by atoms with E-state index in [0.29, 0.717) is 16.8 Å². The lowest BCUT2D eigenvalue weighted by Crippen LogP contribution is -2.17.